The SMILES string of the molecule is COCCOCCOCCOCCOCCOCCOCCOCCOCCOCCOCCOCCC(C)(C)C. The van der Waals surface area contributed by atoms with E-state index < -0.39 is 0 Å². The van der Waals surface area contributed by atoms with Crippen LogP contribution in [-0.4, -0.2) is 159 Å². The number of methoxy groups -OCH3 is 1. The molecule has 248 valence electrons. The van der Waals surface area contributed by atoms with Crippen LogP contribution in [0.4, 0.5) is 0 Å². The van der Waals surface area contributed by atoms with Gasteiger partial charge < -0.3 is 56.8 Å². The Morgan fingerprint density at radius 3 is 0.610 bits per heavy atom. The van der Waals surface area contributed by atoms with Crippen LogP contribution in [0.3, 0.4) is 0 Å². The lowest BCUT2D eigenvalue weighted by molar-refractivity contribution is -0.0281. The molecular formula is C29H60O12. The predicted octanol–water partition coefficient (Wildman–Crippen LogP) is 2.25. The molecular weight excluding hydrogens is 540 g/mol. The molecule has 0 amide bonds. The summed E-state index contributed by atoms with van der Waals surface area (Å²) in [5, 5.41) is 0. The van der Waals surface area contributed by atoms with Crippen molar-refractivity contribution in [3.8, 4) is 0 Å². The Morgan fingerprint density at radius 1 is 0.268 bits per heavy atom. The average molecular weight is 601 g/mol. The molecule has 0 aliphatic rings. The first kappa shape index (κ1) is 40.5. The van der Waals surface area contributed by atoms with Gasteiger partial charge in [-0.1, -0.05) is 20.8 Å². The molecule has 0 fully saturated rings. The third-order valence-corrected chi connectivity index (χ3v) is 5.15. The van der Waals surface area contributed by atoms with Gasteiger partial charge in [-0.25, -0.2) is 0 Å². The summed E-state index contributed by atoms with van der Waals surface area (Å²) in [6, 6.07) is 0. The van der Waals surface area contributed by atoms with Gasteiger partial charge in [0, 0.05) is 13.7 Å². The Labute approximate surface area is 248 Å². The fraction of sp³-hybridized carbons (Fsp3) is 1.00. The van der Waals surface area contributed by atoms with Crippen LogP contribution in [-0.2, 0) is 56.8 Å². The molecule has 0 saturated carbocycles. The van der Waals surface area contributed by atoms with Gasteiger partial charge in [0.2, 0.25) is 0 Å². The molecule has 0 bridgehead atoms. The Balaban J connectivity index is 3.04. The zero-order chi connectivity index (χ0) is 30.0. The second-order valence-corrected chi connectivity index (χ2v) is 10.0. The number of hydrogen-bond donors (Lipinski definition) is 0. The Morgan fingerprint density at radius 2 is 0.439 bits per heavy atom. The molecule has 12 nitrogen and oxygen atoms in total. The van der Waals surface area contributed by atoms with E-state index in [0.717, 1.165) is 13.0 Å². The lowest BCUT2D eigenvalue weighted by Gasteiger charge is -2.17. The van der Waals surface area contributed by atoms with Crippen molar-refractivity contribution >= 4 is 0 Å². The fourth-order valence-electron chi connectivity index (χ4n) is 2.82. The minimum absolute atomic E-state index is 0.306. The lowest BCUT2D eigenvalue weighted by atomic mass is 9.93. The minimum atomic E-state index is 0.306. The highest BCUT2D eigenvalue weighted by Gasteiger charge is 2.08. The quantitative estimate of drug-likeness (QED) is 0.0995. The summed E-state index contributed by atoms with van der Waals surface area (Å²) in [5.41, 5.74) is 0.306. The monoisotopic (exact) mass is 600 g/mol. The summed E-state index contributed by atoms with van der Waals surface area (Å²) in [6.07, 6.45) is 1.05. The van der Waals surface area contributed by atoms with E-state index in [9.17, 15) is 0 Å². The maximum absolute atomic E-state index is 5.55. The summed E-state index contributed by atoms with van der Waals surface area (Å²) in [4.78, 5) is 0. The third-order valence-electron chi connectivity index (χ3n) is 5.15. The van der Waals surface area contributed by atoms with Crippen LogP contribution in [0.1, 0.15) is 27.2 Å². The van der Waals surface area contributed by atoms with E-state index in [1.54, 1.807) is 7.11 Å². The van der Waals surface area contributed by atoms with E-state index in [1.165, 1.54) is 0 Å². The van der Waals surface area contributed by atoms with Crippen LogP contribution in [0, 0.1) is 5.41 Å². The van der Waals surface area contributed by atoms with Crippen LogP contribution in [0.15, 0.2) is 0 Å². The van der Waals surface area contributed by atoms with E-state index >= 15 is 0 Å². The highest BCUT2D eigenvalue weighted by atomic mass is 16.6. The molecule has 0 spiro atoms. The summed E-state index contributed by atoms with van der Waals surface area (Å²) < 4.78 is 64.9. The Kier molecular flexibility index (Phi) is 33.6. The first-order valence-corrected chi connectivity index (χ1v) is 14.9. The second-order valence-electron chi connectivity index (χ2n) is 10.0. The van der Waals surface area contributed by atoms with Crippen molar-refractivity contribution in [3.05, 3.63) is 0 Å². The minimum Gasteiger partial charge on any atom is -0.382 e. The molecule has 41 heavy (non-hydrogen) atoms. The van der Waals surface area contributed by atoms with Crippen molar-refractivity contribution in [2.24, 2.45) is 5.41 Å². The number of ether oxygens (including phenoxy) is 12. The molecule has 0 radical (unpaired) electrons. The van der Waals surface area contributed by atoms with Crippen LogP contribution in [0.2, 0.25) is 0 Å². The van der Waals surface area contributed by atoms with E-state index in [4.69, 9.17) is 56.8 Å². The molecule has 0 unspecified atom stereocenters. The van der Waals surface area contributed by atoms with Crippen molar-refractivity contribution in [2.75, 3.05) is 159 Å². The molecule has 0 aromatic carbocycles. The molecule has 0 N–H and O–H groups in total. The normalized spacial score (nSPS) is 12.0. The zero-order valence-electron chi connectivity index (χ0n) is 26.4. The molecule has 0 aliphatic carbocycles. The highest BCUT2D eigenvalue weighted by Crippen LogP contribution is 2.17. The van der Waals surface area contributed by atoms with Crippen LogP contribution in [0.25, 0.3) is 0 Å². The van der Waals surface area contributed by atoms with Crippen molar-refractivity contribution in [2.45, 2.75) is 27.2 Å². The van der Waals surface area contributed by atoms with E-state index in [-0.39, 0.29) is 0 Å². The number of hydrogen-bond acceptors (Lipinski definition) is 12. The summed E-state index contributed by atoms with van der Waals surface area (Å²) in [6.45, 7) is 19.4. The smallest absolute Gasteiger partial charge is 0.0701 e. The maximum atomic E-state index is 5.55. The topological polar surface area (TPSA) is 111 Å². The largest absolute Gasteiger partial charge is 0.382 e. The van der Waals surface area contributed by atoms with Gasteiger partial charge in [0.1, 0.15) is 0 Å². The first-order valence-electron chi connectivity index (χ1n) is 14.9. The van der Waals surface area contributed by atoms with Crippen LogP contribution in [0.5, 0.6) is 0 Å². The van der Waals surface area contributed by atoms with Crippen LogP contribution >= 0.6 is 0 Å². The highest BCUT2D eigenvalue weighted by molar-refractivity contribution is 4.59. The molecule has 0 aromatic heterocycles. The van der Waals surface area contributed by atoms with Crippen molar-refractivity contribution in [1.82, 2.24) is 0 Å². The summed E-state index contributed by atoms with van der Waals surface area (Å²) >= 11 is 0. The van der Waals surface area contributed by atoms with Gasteiger partial charge in [0.15, 0.2) is 0 Å². The first-order chi connectivity index (χ1) is 20.1. The summed E-state index contributed by atoms with van der Waals surface area (Å²) in [5.74, 6) is 0. The average Bonchev–Trinajstić information content (AvgIpc) is 2.94. The molecule has 0 aromatic rings. The van der Waals surface area contributed by atoms with Crippen molar-refractivity contribution in [3.63, 3.8) is 0 Å². The number of rotatable bonds is 35. The van der Waals surface area contributed by atoms with E-state index in [0.29, 0.717) is 151 Å². The Bertz CT molecular complexity index is 479. The zero-order valence-corrected chi connectivity index (χ0v) is 26.4. The predicted molar refractivity (Wildman–Crippen MR) is 155 cm³/mol. The molecule has 0 rings (SSSR count). The van der Waals surface area contributed by atoms with Gasteiger partial charge in [0.25, 0.3) is 0 Å². The standard InChI is InChI=1S/C29H60O12/c1-29(2,3)5-6-31-9-10-33-13-14-35-17-18-37-21-22-39-25-26-41-28-27-40-24-23-38-20-19-36-16-15-34-12-11-32-8-7-30-4/h5-28H2,1-4H3. The third kappa shape index (κ3) is 39.5. The second kappa shape index (κ2) is 34.0. The molecule has 0 heterocycles. The molecule has 12 heteroatoms. The molecule has 0 saturated heterocycles. The maximum Gasteiger partial charge on any atom is 0.0701 e. The van der Waals surface area contributed by atoms with Gasteiger partial charge in [-0.2, -0.15) is 0 Å². The molecule has 0 aliphatic heterocycles. The van der Waals surface area contributed by atoms with Gasteiger partial charge in [0.05, 0.1) is 145 Å². The van der Waals surface area contributed by atoms with Crippen LogP contribution < -0.4 is 0 Å². The van der Waals surface area contributed by atoms with Gasteiger partial charge in [-0.05, 0) is 11.8 Å². The molecule has 0 atom stereocenters. The van der Waals surface area contributed by atoms with Crippen molar-refractivity contribution in [1.29, 1.82) is 0 Å². The fourth-order valence-corrected chi connectivity index (χ4v) is 2.82. The van der Waals surface area contributed by atoms with Gasteiger partial charge >= 0.3 is 0 Å². The van der Waals surface area contributed by atoms with E-state index in [2.05, 4.69) is 20.8 Å². The lowest BCUT2D eigenvalue weighted by Crippen LogP contribution is -2.15. The van der Waals surface area contributed by atoms with E-state index in [1.807, 2.05) is 0 Å². The Hall–Kier alpha value is -0.480. The van der Waals surface area contributed by atoms with Gasteiger partial charge in [-0.3, -0.25) is 0 Å². The van der Waals surface area contributed by atoms with Crippen molar-refractivity contribution < 1.29 is 56.8 Å². The van der Waals surface area contributed by atoms with Gasteiger partial charge in [-0.15, -0.1) is 0 Å². The summed E-state index contributed by atoms with van der Waals surface area (Å²) in [7, 11) is 1.65.